The first kappa shape index (κ1) is 35.0. The van der Waals surface area contributed by atoms with Crippen LogP contribution in [0.3, 0.4) is 0 Å². The van der Waals surface area contributed by atoms with Crippen molar-refractivity contribution in [2.75, 3.05) is 11.9 Å². The van der Waals surface area contributed by atoms with Crippen molar-refractivity contribution < 1.29 is 42.9 Å². The average molecular weight is 714 g/mol. The first-order chi connectivity index (χ1) is 24.5. The van der Waals surface area contributed by atoms with Gasteiger partial charge in [0, 0.05) is 0 Å². The van der Waals surface area contributed by atoms with Crippen LogP contribution in [0, 0.1) is 0 Å². The van der Waals surface area contributed by atoms with E-state index in [9.17, 15) is 19.2 Å². The molecule has 3 heterocycles. The summed E-state index contributed by atoms with van der Waals surface area (Å²) in [5.74, 6) is -2.35. The molecule has 51 heavy (non-hydrogen) atoms. The fraction of sp³-hybridized carbons (Fsp3) is 0.250. The molecule has 0 spiro atoms. The normalized spacial score (nSPS) is 18.5. The number of amides is 1. The second kappa shape index (κ2) is 14.9. The van der Waals surface area contributed by atoms with Gasteiger partial charge in [-0.2, -0.15) is 9.97 Å². The maximum Gasteiger partial charge on any atom is 0.414 e. The summed E-state index contributed by atoms with van der Waals surface area (Å²) >= 11 is 6.46. The lowest BCUT2D eigenvalue weighted by atomic mass is 10.1. The van der Waals surface area contributed by atoms with Crippen molar-refractivity contribution in [1.82, 2.24) is 19.5 Å². The minimum atomic E-state index is -1.35. The molecule has 4 atom stereocenters. The van der Waals surface area contributed by atoms with Gasteiger partial charge >= 0.3 is 24.0 Å². The molecule has 1 N–H and O–H groups in total. The number of hydrogen-bond acceptors (Lipinski definition) is 12. The number of rotatable bonds is 9. The second-order valence-corrected chi connectivity index (χ2v) is 12.6. The molecule has 3 aromatic carbocycles. The largest absolute Gasteiger partial charge is 0.459 e. The molecule has 1 saturated heterocycles. The van der Waals surface area contributed by atoms with Gasteiger partial charge < -0.3 is 23.7 Å². The van der Waals surface area contributed by atoms with Gasteiger partial charge in [-0.3, -0.25) is 9.88 Å². The summed E-state index contributed by atoms with van der Waals surface area (Å²) in [5, 5.41) is 2.34. The highest BCUT2D eigenvalue weighted by molar-refractivity contribution is 6.33. The molecular formula is C36H32ClN5O9. The molecule has 2 aromatic heterocycles. The van der Waals surface area contributed by atoms with E-state index in [1.54, 1.807) is 112 Å². The number of nitrogens with one attached hydrogen (secondary N) is 1. The van der Waals surface area contributed by atoms with Crippen molar-refractivity contribution in [1.29, 1.82) is 0 Å². The lowest BCUT2D eigenvalue weighted by Gasteiger charge is -2.25. The third kappa shape index (κ3) is 8.31. The molecule has 6 rings (SSSR count). The van der Waals surface area contributed by atoms with Crippen LogP contribution in [-0.4, -0.2) is 74.0 Å². The number of imidazole rings is 1. The van der Waals surface area contributed by atoms with Crippen LogP contribution in [-0.2, 0) is 23.7 Å². The highest BCUT2D eigenvalue weighted by Gasteiger charge is 2.52. The predicted molar refractivity (Wildman–Crippen MR) is 182 cm³/mol. The van der Waals surface area contributed by atoms with Crippen LogP contribution in [0.2, 0.25) is 5.15 Å². The summed E-state index contributed by atoms with van der Waals surface area (Å²) in [6.07, 6.45) is -4.59. The predicted octanol–water partition coefficient (Wildman–Crippen LogP) is 6.03. The highest BCUT2D eigenvalue weighted by atomic mass is 35.5. The number of halogens is 1. The van der Waals surface area contributed by atoms with Gasteiger partial charge in [0.25, 0.3) is 0 Å². The average Bonchev–Trinajstić information content (AvgIpc) is 3.68. The zero-order valence-corrected chi connectivity index (χ0v) is 28.4. The van der Waals surface area contributed by atoms with Gasteiger partial charge in [-0.05, 0) is 57.2 Å². The molecule has 5 aromatic rings. The second-order valence-electron chi connectivity index (χ2n) is 12.3. The van der Waals surface area contributed by atoms with Crippen molar-refractivity contribution >= 4 is 52.7 Å². The molecule has 0 radical (unpaired) electrons. The van der Waals surface area contributed by atoms with Gasteiger partial charge in [-0.25, -0.2) is 24.2 Å². The van der Waals surface area contributed by atoms with E-state index < -0.39 is 60.7 Å². The van der Waals surface area contributed by atoms with Crippen molar-refractivity contribution in [3.05, 3.63) is 119 Å². The summed E-state index contributed by atoms with van der Waals surface area (Å²) in [6.45, 7) is 4.69. The molecule has 0 bridgehead atoms. The van der Waals surface area contributed by atoms with Gasteiger partial charge in [-0.1, -0.05) is 66.2 Å². The maximum atomic E-state index is 13.5. The Morgan fingerprint density at radius 3 is 1.86 bits per heavy atom. The molecule has 14 nitrogen and oxygen atoms in total. The standard InChI is InChI=1S/C36H32ClN5O9/c1-36(2,3)51-35(46)41-34-39-28(37)25-29(40-34)42(20-38-25)30-27(50-33(45)23-17-11-6-12-18-23)26(49-32(44)22-15-9-5-10-16-22)24(48-30)19-47-31(43)21-13-7-4-8-14-21/h4-18,20,24,26-27,30H,19H2,1-3H3,(H,39,40,41,46)/t24-,26-,27-,30-/m1/s1. The first-order valence-electron chi connectivity index (χ1n) is 15.8. The Balaban J connectivity index is 1.39. The summed E-state index contributed by atoms with van der Waals surface area (Å²) in [6, 6.07) is 24.7. The number of nitrogens with zero attached hydrogens (tertiary/aromatic N) is 4. The summed E-state index contributed by atoms with van der Waals surface area (Å²) in [4.78, 5) is 65.4. The Kier molecular flexibility index (Phi) is 10.3. The van der Waals surface area contributed by atoms with E-state index in [0.29, 0.717) is 0 Å². The van der Waals surface area contributed by atoms with Gasteiger partial charge in [0.2, 0.25) is 5.95 Å². The van der Waals surface area contributed by atoms with Crippen molar-refractivity contribution in [3.8, 4) is 0 Å². The van der Waals surface area contributed by atoms with Crippen LogP contribution < -0.4 is 5.32 Å². The van der Waals surface area contributed by atoms with Crippen LogP contribution in [0.15, 0.2) is 97.3 Å². The fourth-order valence-electron chi connectivity index (χ4n) is 5.20. The summed E-state index contributed by atoms with van der Waals surface area (Å²) in [5.41, 5.74) is 0.113. The van der Waals surface area contributed by atoms with E-state index in [-0.39, 0.29) is 39.0 Å². The number of esters is 3. The molecule has 0 aliphatic carbocycles. The van der Waals surface area contributed by atoms with Crippen LogP contribution >= 0.6 is 11.6 Å². The zero-order chi connectivity index (χ0) is 36.1. The number of ether oxygens (including phenoxy) is 5. The minimum Gasteiger partial charge on any atom is -0.459 e. The molecule has 15 heteroatoms. The first-order valence-corrected chi connectivity index (χ1v) is 16.1. The third-order valence-electron chi connectivity index (χ3n) is 7.44. The van der Waals surface area contributed by atoms with Gasteiger partial charge in [-0.15, -0.1) is 0 Å². The SMILES string of the molecule is CC(C)(C)OC(=O)Nc1nc(Cl)c2ncn([C@@H]3O[C@H](COC(=O)c4ccccc4)[C@@H](OC(=O)c4ccccc4)[C@H]3OC(=O)c3ccccc3)c2n1. The lowest BCUT2D eigenvalue weighted by Crippen LogP contribution is -2.41. The quantitative estimate of drug-likeness (QED) is 0.107. The number of fused-ring (bicyclic) bond motifs is 1. The van der Waals surface area contributed by atoms with Gasteiger partial charge in [0.1, 0.15) is 23.8 Å². The van der Waals surface area contributed by atoms with E-state index in [2.05, 4.69) is 20.3 Å². The molecule has 1 aliphatic rings. The lowest BCUT2D eigenvalue weighted by molar-refractivity contribution is -0.0606. The topological polar surface area (TPSA) is 170 Å². The fourth-order valence-corrected chi connectivity index (χ4v) is 5.41. The zero-order valence-electron chi connectivity index (χ0n) is 27.6. The Bertz CT molecular complexity index is 2040. The molecule has 1 fully saturated rings. The van der Waals surface area contributed by atoms with E-state index in [4.69, 9.17) is 35.3 Å². The van der Waals surface area contributed by atoms with E-state index >= 15 is 0 Å². The van der Waals surface area contributed by atoms with Crippen LogP contribution in [0.1, 0.15) is 58.1 Å². The molecule has 1 amide bonds. The molecule has 0 unspecified atom stereocenters. The third-order valence-corrected chi connectivity index (χ3v) is 7.71. The number of carbonyl (C=O) groups excluding carboxylic acids is 4. The molecular weight excluding hydrogens is 682 g/mol. The number of benzene rings is 3. The van der Waals surface area contributed by atoms with Crippen LogP contribution in [0.4, 0.5) is 10.7 Å². The number of carbonyl (C=O) groups is 4. The van der Waals surface area contributed by atoms with E-state index in [1.807, 2.05) is 0 Å². The van der Waals surface area contributed by atoms with Crippen molar-refractivity contribution in [3.63, 3.8) is 0 Å². The van der Waals surface area contributed by atoms with Crippen LogP contribution in [0.5, 0.6) is 0 Å². The Labute approximate surface area is 296 Å². The number of hydrogen-bond donors (Lipinski definition) is 1. The van der Waals surface area contributed by atoms with E-state index in [1.165, 1.54) is 10.9 Å². The maximum absolute atomic E-state index is 13.5. The Hall–Kier alpha value is -5.86. The summed E-state index contributed by atoms with van der Waals surface area (Å²) < 4.78 is 30.8. The summed E-state index contributed by atoms with van der Waals surface area (Å²) in [7, 11) is 0. The highest BCUT2D eigenvalue weighted by Crippen LogP contribution is 2.37. The van der Waals surface area contributed by atoms with Gasteiger partial charge in [0.05, 0.1) is 23.0 Å². The smallest absolute Gasteiger partial charge is 0.414 e. The van der Waals surface area contributed by atoms with E-state index in [0.717, 1.165) is 0 Å². The monoisotopic (exact) mass is 713 g/mol. The number of anilines is 1. The van der Waals surface area contributed by atoms with Crippen molar-refractivity contribution in [2.24, 2.45) is 0 Å². The van der Waals surface area contributed by atoms with Crippen molar-refractivity contribution in [2.45, 2.75) is 50.9 Å². The molecule has 1 aliphatic heterocycles. The van der Waals surface area contributed by atoms with Gasteiger partial charge in [0.15, 0.2) is 29.2 Å². The Morgan fingerprint density at radius 2 is 1.31 bits per heavy atom. The van der Waals surface area contributed by atoms with Crippen LogP contribution in [0.25, 0.3) is 11.2 Å². The minimum absolute atomic E-state index is 0.0712. The number of aromatic nitrogens is 4. The molecule has 262 valence electrons. The Morgan fingerprint density at radius 1 is 0.784 bits per heavy atom. The molecule has 0 saturated carbocycles.